The molecule has 0 unspecified atom stereocenters. The lowest BCUT2D eigenvalue weighted by atomic mass is 10.3. The number of hydrogen-bond donors (Lipinski definition) is 1. The van der Waals surface area contributed by atoms with Gasteiger partial charge in [0.1, 0.15) is 0 Å². The highest BCUT2D eigenvalue weighted by Crippen LogP contribution is 1.88. The fraction of sp³-hybridized carbons (Fsp3) is 0.556. The third-order valence-corrected chi connectivity index (χ3v) is 1.10. The molecular formula is C9H16O2. The summed E-state index contributed by atoms with van der Waals surface area (Å²) in [7, 11) is 0. The molecule has 0 saturated heterocycles. The van der Waals surface area contributed by atoms with Gasteiger partial charge in [-0.3, -0.25) is 0 Å². The second-order valence-electron chi connectivity index (χ2n) is 2.47. The maximum absolute atomic E-state index is 8.36. The van der Waals surface area contributed by atoms with E-state index in [2.05, 4.69) is 0 Å². The molecule has 0 saturated carbocycles. The summed E-state index contributed by atoms with van der Waals surface area (Å²) >= 11 is 0. The van der Waals surface area contributed by atoms with Gasteiger partial charge in [-0.05, 0) is 13.8 Å². The molecule has 0 aliphatic heterocycles. The maximum Gasteiger partial charge on any atom is 0.0654 e. The van der Waals surface area contributed by atoms with Crippen molar-refractivity contribution in [1.82, 2.24) is 0 Å². The van der Waals surface area contributed by atoms with Crippen LogP contribution in [0.1, 0.15) is 13.8 Å². The third-order valence-electron chi connectivity index (χ3n) is 1.10. The zero-order valence-corrected chi connectivity index (χ0v) is 7.21. The molecule has 0 bridgehead atoms. The Labute approximate surface area is 68.2 Å². The molecule has 0 aromatic rings. The average molecular weight is 156 g/mol. The average Bonchev–Trinajstić information content (AvgIpc) is 1.96. The van der Waals surface area contributed by atoms with E-state index in [1.165, 1.54) is 5.57 Å². The Bertz CT molecular complexity index is 132. The van der Waals surface area contributed by atoms with Gasteiger partial charge in [0.15, 0.2) is 0 Å². The van der Waals surface area contributed by atoms with Crippen LogP contribution in [0.2, 0.25) is 0 Å². The van der Waals surface area contributed by atoms with Crippen LogP contribution in [0.5, 0.6) is 0 Å². The summed E-state index contributed by atoms with van der Waals surface area (Å²) in [4.78, 5) is 0. The highest BCUT2D eigenvalue weighted by atomic mass is 16.5. The number of ether oxygens (including phenoxy) is 1. The van der Waals surface area contributed by atoms with E-state index in [1.54, 1.807) is 12.2 Å². The molecule has 64 valence electrons. The number of aliphatic hydroxyl groups is 1. The van der Waals surface area contributed by atoms with Gasteiger partial charge in [0.25, 0.3) is 0 Å². The molecule has 0 spiro atoms. The van der Waals surface area contributed by atoms with E-state index in [1.807, 2.05) is 19.9 Å². The Morgan fingerprint density at radius 2 is 2.00 bits per heavy atom. The predicted octanol–water partition coefficient (Wildman–Crippen LogP) is 1.52. The van der Waals surface area contributed by atoms with Crippen molar-refractivity contribution in [1.29, 1.82) is 0 Å². The number of allylic oxidation sites excluding steroid dienone is 1. The first kappa shape index (κ1) is 10.4. The summed E-state index contributed by atoms with van der Waals surface area (Å²) in [6.45, 7) is 5.38. The lowest BCUT2D eigenvalue weighted by Crippen LogP contribution is -1.91. The molecule has 1 N–H and O–H groups in total. The summed E-state index contributed by atoms with van der Waals surface area (Å²) in [6, 6.07) is 0. The Kier molecular flexibility index (Phi) is 7.10. The molecule has 0 atom stereocenters. The predicted molar refractivity (Wildman–Crippen MR) is 46.5 cm³/mol. The van der Waals surface area contributed by atoms with Crippen molar-refractivity contribution in [2.24, 2.45) is 0 Å². The van der Waals surface area contributed by atoms with Crippen molar-refractivity contribution in [3.8, 4) is 0 Å². The molecule has 0 aliphatic carbocycles. The van der Waals surface area contributed by atoms with Gasteiger partial charge in [-0.2, -0.15) is 0 Å². The molecule has 0 radical (unpaired) electrons. The number of aliphatic hydroxyl groups excluding tert-OH is 1. The molecule has 11 heavy (non-hydrogen) atoms. The van der Waals surface area contributed by atoms with Gasteiger partial charge in [-0.25, -0.2) is 0 Å². The van der Waals surface area contributed by atoms with Crippen LogP contribution >= 0.6 is 0 Å². The molecule has 0 aromatic carbocycles. The van der Waals surface area contributed by atoms with Crippen molar-refractivity contribution in [2.45, 2.75) is 13.8 Å². The molecule has 2 nitrogen and oxygen atoms in total. The fourth-order valence-corrected chi connectivity index (χ4v) is 0.504. The zero-order chi connectivity index (χ0) is 8.53. The number of hydrogen-bond acceptors (Lipinski definition) is 2. The number of rotatable bonds is 5. The molecule has 0 aromatic heterocycles. The first-order chi connectivity index (χ1) is 5.27. The molecule has 0 heterocycles. The monoisotopic (exact) mass is 156 g/mol. The van der Waals surface area contributed by atoms with Crippen molar-refractivity contribution < 1.29 is 9.84 Å². The van der Waals surface area contributed by atoms with Crippen LogP contribution in [-0.2, 0) is 4.74 Å². The second kappa shape index (κ2) is 7.51. The normalized spacial score (nSPS) is 10.5. The van der Waals surface area contributed by atoms with Gasteiger partial charge in [0.05, 0.1) is 19.8 Å². The largest absolute Gasteiger partial charge is 0.392 e. The van der Waals surface area contributed by atoms with Gasteiger partial charge in [-0.1, -0.05) is 23.8 Å². The second-order valence-corrected chi connectivity index (χ2v) is 2.47. The topological polar surface area (TPSA) is 29.5 Å². The molecule has 0 fully saturated rings. The Morgan fingerprint density at radius 1 is 1.27 bits per heavy atom. The molecule has 0 amide bonds. The minimum absolute atomic E-state index is 0.0893. The SMILES string of the molecule is CC(C)=CCOC/C=C\CO. The van der Waals surface area contributed by atoms with Crippen molar-refractivity contribution in [2.75, 3.05) is 19.8 Å². The van der Waals surface area contributed by atoms with Crippen LogP contribution in [0.15, 0.2) is 23.8 Å². The molecule has 0 aliphatic rings. The van der Waals surface area contributed by atoms with E-state index in [0.717, 1.165) is 0 Å². The zero-order valence-electron chi connectivity index (χ0n) is 7.21. The highest BCUT2D eigenvalue weighted by Gasteiger charge is 1.79. The lowest BCUT2D eigenvalue weighted by molar-refractivity contribution is 0.192. The van der Waals surface area contributed by atoms with Gasteiger partial charge < -0.3 is 9.84 Å². The first-order valence-corrected chi connectivity index (χ1v) is 3.74. The van der Waals surface area contributed by atoms with E-state index in [9.17, 15) is 0 Å². The van der Waals surface area contributed by atoms with E-state index >= 15 is 0 Å². The minimum atomic E-state index is 0.0893. The minimum Gasteiger partial charge on any atom is -0.392 e. The van der Waals surface area contributed by atoms with Crippen LogP contribution in [0, 0.1) is 0 Å². The molecule has 0 rings (SSSR count). The summed E-state index contributed by atoms with van der Waals surface area (Å²) in [5.74, 6) is 0. The summed E-state index contributed by atoms with van der Waals surface area (Å²) in [6.07, 6.45) is 5.49. The summed E-state index contributed by atoms with van der Waals surface area (Å²) in [5.41, 5.74) is 1.26. The smallest absolute Gasteiger partial charge is 0.0654 e. The molecule has 2 heteroatoms. The van der Waals surface area contributed by atoms with Gasteiger partial charge in [-0.15, -0.1) is 0 Å². The maximum atomic E-state index is 8.36. The van der Waals surface area contributed by atoms with Crippen LogP contribution in [-0.4, -0.2) is 24.9 Å². The van der Waals surface area contributed by atoms with Crippen molar-refractivity contribution in [3.05, 3.63) is 23.8 Å². The van der Waals surface area contributed by atoms with Crippen LogP contribution in [0.4, 0.5) is 0 Å². The van der Waals surface area contributed by atoms with Gasteiger partial charge in [0, 0.05) is 0 Å². The first-order valence-electron chi connectivity index (χ1n) is 3.74. The summed E-state index contributed by atoms with van der Waals surface area (Å²) in [5, 5.41) is 8.36. The Balaban J connectivity index is 3.15. The van der Waals surface area contributed by atoms with E-state index in [-0.39, 0.29) is 6.61 Å². The van der Waals surface area contributed by atoms with Crippen molar-refractivity contribution in [3.63, 3.8) is 0 Å². The Hall–Kier alpha value is -0.600. The van der Waals surface area contributed by atoms with E-state index < -0.39 is 0 Å². The highest BCUT2D eigenvalue weighted by molar-refractivity contribution is 4.93. The van der Waals surface area contributed by atoms with Gasteiger partial charge in [0.2, 0.25) is 0 Å². The van der Waals surface area contributed by atoms with Crippen LogP contribution < -0.4 is 0 Å². The summed E-state index contributed by atoms with van der Waals surface area (Å²) < 4.78 is 5.17. The lowest BCUT2D eigenvalue weighted by Gasteiger charge is -1.94. The molecular weight excluding hydrogens is 140 g/mol. The van der Waals surface area contributed by atoms with Gasteiger partial charge >= 0.3 is 0 Å². The van der Waals surface area contributed by atoms with Crippen molar-refractivity contribution >= 4 is 0 Å². The van der Waals surface area contributed by atoms with E-state index in [4.69, 9.17) is 9.84 Å². The fourth-order valence-electron chi connectivity index (χ4n) is 0.504. The van der Waals surface area contributed by atoms with Crippen LogP contribution in [0.3, 0.4) is 0 Å². The quantitative estimate of drug-likeness (QED) is 0.483. The standard InChI is InChI=1S/C9H16O2/c1-9(2)5-8-11-7-4-3-6-10/h3-5,10H,6-8H2,1-2H3/b4-3-. The van der Waals surface area contributed by atoms with E-state index in [0.29, 0.717) is 13.2 Å². The third kappa shape index (κ3) is 9.40. The van der Waals surface area contributed by atoms with Crippen LogP contribution in [0.25, 0.3) is 0 Å². The Morgan fingerprint density at radius 3 is 2.55 bits per heavy atom.